The van der Waals surface area contributed by atoms with Crippen molar-refractivity contribution in [3.63, 3.8) is 0 Å². The molecule has 0 aromatic heterocycles. The lowest BCUT2D eigenvalue weighted by Crippen LogP contribution is -2.52. The third kappa shape index (κ3) is 5.24. The molecular weight excluding hydrogens is 267 g/mol. The van der Waals surface area contributed by atoms with Gasteiger partial charge < -0.3 is 5.11 Å². The van der Waals surface area contributed by atoms with Gasteiger partial charge in [0.15, 0.2) is 0 Å². The number of hydrogen-bond acceptors (Lipinski definition) is 2. The Morgan fingerprint density at radius 3 is 2.20 bits per heavy atom. The van der Waals surface area contributed by atoms with Gasteiger partial charge in [-0.15, -0.1) is 0 Å². The summed E-state index contributed by atoms with van der Waals surface area (Å²) in [6.45, 7) is 7.72. The van der Waals surface area contributed by atoms with E-state index >= 15 is 0 Å². The van der Waals surface area contributed by atoms with Crippen LogP contribution < -0.4 is 0 Å². The summed E-state index contributed by atoms with van der Waals surface area (Å²) in [6.07, 6.45) is -2.02. The van der Waals surface area contributed by atoms with E-state index in [1.165, 1.54) is 4.90 Å². The van der Waals surface area contributed by atoms with Gasteiger partial charge in [-0.05, 0) is 43.6 Å². The van der Waals surface area contributed by atoms with Gasteiger partial charge in [0.05, 0.1) is 12.6 Å². The van der Waals surface area contributed by atoms with Crippen LogP contribution in [0.1, 0.15) is 53.4 Å². The first-order valence-electron chi connectivity index (χ1n) is 7.53. The Bertz CT molecular complexity index is 298. The van der Waals surface area contributed by atoms with E-state index in [9.17, 15) is 18.3 Å². The predicted octanol–water partition coefficient (Wildman–Crippen LogP) is 3.84. The molecule has 0 saturated heterocycles. The molecular formula is C15H28F3NO. The first-order valence-corrected chi connectivity index (χ1v) is 7.53. The van der Waals surface area contributed by atoms with Gasteiger partial charge in [0, 0.05) is 6.04 Å². The van der Waals surface area contributed by atoms with E-state index in [2.05, 4.69) is 20.8 Å². The van der Waals surface area contributed by atoms with Gasteiger partial charge in [-0.3, -0.25) is 4.90 Å². The molecule has 0 amide bonds. The number of alkyl halides is 3. The molecule has 5 heteroatoms. The lowest BCUT2D eigenvalue weighted by atomic mass is 9.70. The summed E-state index contributed by atoms with van der Waals surface area (Å²) < 4.78 is 38.2. The summed E-state index contributed by atoms with van der Waals surface area (Å²) in [6, 6.07) is -0.366. The van der Waals surface area contributed by atoms with Crippen molar-refractivity contribution in [2.24, 2.45) is 11.3 Å². The van der Waals surface area contributed by atoms with Gasteiger partial charge in [-0.25, -0.2) is 0 Å². The Kier molecular flexibility index (Phi) is 5.90. The van der Waals surface area contributed by atoms with E-state index in [-0.39, 0.29) is 11.5 Å². The van der Waals surface area contributed by atoms with Crippen LogP contribution in [0.25, 0.3) is 0 Å². The van der Waals surface area contributed by atoms with Crippen LogP contribution in [0.4, 0.5) is 13.2 Å². The summed E-state index contributed by atoms with van der Waals surface area (Å²) in [5.74, 6) is 0.364. The van der Waals surface area contributed by atoms with Crippen molar-refractivity contribution in [1.29, 1.82) is 0 Å². The molecule has 1 rings (SSSR count). The van der Waals surface area contributed by atoms with E-state index < -0.39 is 18.8 Å². The van der Waals surface area contributed by atoms with Crippen LogP contribution in [0, 0.1) is 11.3 Å². The average molecular weight is 295 g/mol. The first-order chi connectivity index (χ1) is 9.04. The Labute approximate surface area is 120 Å². The van der Waals surface area contributed by atoms with E-state index in [0.717, 1.165) is 6.42 Å². The Morgan fingerprint density at radius 1 is 1.15 bits per heavy atom. The summed E-state index contributed by atoms with van der Waals surface area (Å²) in [4.78, 5) is 1.43. The zero-order valence-corrected chi connectivity index (χ0v) is 13.0. The highest BCUT2D eigenvalue weighted by atomic mass is 19.4. The molecule has 2 nitrogen and oxygen atoms in total. The van der Waals surface area contributed by atoms with Crippen LogP contribution in [0.2, 0.25) is 0 Å². The van der Waals surface area contributed by atoms with Crippen molar-refractivity contribution in [2.45, 2.75) is 71.7 Å². The molecule has 120 valence electrons. The largest absolute Gasteiger partial charge is 0.401 e. The number of aliphatic hydroxyl groups is 1. The highest BCUT2D eigenvalue weighted by molar-refractivity contribution is 4.91. The lowest BCUT2D eigenvalue weighted by Gasteiger charge is -2.44. The van der Waals surface area contributed by atoms with E-state index in [1.807, 2.05) is 6.92 Å². The topological polar surface area (TPSA) is 23.5 Å². The predicted molar refractivity (Wildman–Crippen MR) is 74.5 cm³/mol. The Balaban J connectivity index is 2.81. The van der Waals surface area contributed by atoms with E-state index in [1.54, 1.807) is 0 Å². The van der Waals surface area contributed by atoms with Gasteiger partial charge in [0.2, 0.25) is 0 Å². The molecule has 0 aromatic carbocycles. The Hall–Kier alpha value is -0.290. The van der Waals surface area contributed by atoms with Gasteiger partial charge in [0.25, 0.3) is 0 Å². The van der Waals surface area contributed by atoms with Crippen LogP contribution in [-0.4, -0.2) is 41.4 Å². The van der Waals surface area contributed by atoms with Crippen molar-refractivity contribution in [2.75, 3.05) is 13.1 Å². The molecule has 0 radical (unpaired) electrons. The highest BCUT2D eigenvalue weighted by Crippen LogP contribution is 2.40. The maximum Gasteiger partial charge on any atom is 0.401 e. The second-order valence-electron chi connectivity index (χ2n) is 7.10. The second-order valence-corrected chi connectivity index (χ2v) is 7.10. The lowest BCUT2D eigenvalue weighted by molar-refractivity contribution is -0.160. The number of rotatable bonds is 4. The molecule has 1 saturated carbocycles. The summed E-state index contributed by atoms with van der Waals surface area (Å²) in [5, 5.41) is 10.1. The number of hydrogen-bond donors (Lipinski definition) is 1. The number of halogens is 3. The molecule has 3 unspecified atom stereocenters. The van der Waals surface area contributed by atoms with Crippen molar-refractivity contribution in [3.05, 3.63) is 0 Å². The Morgan fingerprint density at radius 2 is 1.75 bits per heavy atom. The minimum atomic E-state index is -4.20. The minimum absolute atomic E-state index is 0.0779. The average Bonchev–Trinajstić information content (AvgIpc) is 2.25. The monoisotopic (exact) mass is 295 g/mol. The SMILES string of the molecule is CCCN(CC(F)(F)F)C1CC(C(C)(C)C)CCC1O. The van der Waals surface area contributed by atoms with Crippen LogP contribution in [-0.2, 0) is 0 Å². The van der Waals surface area contributed by atoms with Gasteiger partial charge in [-0.1, -0.05) is 27.7 Å². The molecule has 1 fully saturated rings. The molecule has 0 bridgehead atoms. The van der Waals surface area contributed by atoms with E-state index in [0.29, 0.717) is 31.7 Å². The summed E-state index contributed by atoms with van der Waals surface area (Å²) >= 11 is 0. The molecule has 1 aliphatic carbocycles. The van der Waals surface area contributed by atoms with E-state index in [4.69, 9.17) is 0 Å². The zero-order chi connectivity index (χ0) is 15.6. The molecule has 1 N–H and O–H groups in total. The molecule has 0 heterocycles. The maximum absolute atomic E-state index is 12.7. The smallest absolute Gasteiger partial charge is 0.391 e. The minimum Gasteiger partial charge on any atom is -0.391 e. The summed E-state index contributed by atoms with van der Waals surface area (Å²) in [7, 11) is 0. The van der Waals surface area contributed by atoms with Crippen molar-refractivity contribution in [1.82, 2.24) is 4.90 Å². The van der Waals surface area contributed by atoms with Crippen LogP contribution in [0.3, 0.4) is 0 Å². The standard InChI is InChI=1S/C15H28F3NO/c1-5-8-19(10-15(16,17)18)12-9-11(14(2,3)4)6-7-13(12)20/h11-13,20H,5-10H2,1-4H3. The van der Waals surface area contributed by atoms with Crippen LogP contribution >= 0.6 is 0 Å². The van der Waals surface area contributed by atoms with Crippen molar-refractivity contribution < 1.29 is 18.3 Å². The highest BCUT2D eigenvalue weighted by Gasteiger charge is 2.41. The fourth-order valence-electron chi connectivity index (χ4n) is 3.19. The third-order valence-electron chi connectivity index (χ3n) is 4.37. The first kappa shape index (κ1) is 17.8. The zero-order valence-electron chi connectivity index (χ0n) is 13.0. The van der Waals surface area contributed by atoms with Crippen molar-refractivity contribution >= 4 is 0 Å². The molecule has 0 spiro atoms. The molecule has 20 heavy (non-hydrogen) atoms. The normalized spacial score (nSPS) is 28.9. The number of nitrogens with zero attached hydrogens (tertiary/aromatic N) is 1. The molecule has 3 atom stereocenters. The molecule has 0 aliphatic heterocycles. The summed E-state index contributed by atoms with van der Waals surface area (Å²) in [5.41, 5.74) is 0.0779. The fourth-order valence-corrected chi connectivity index (χ4v) is 3.19. The number of aliphatic hydroxyl groups excluding tert-OH is 1. The van der Waals surface area contributed by atoms with Gasteiger partial charge >= 0.3 is 6.18 Å². The van der Waals surface area contributed by atoms with Crippen molar-refractivity contribution in [3.8, 4) is 0 Å². The molecule has 0 aromatic rings. The van der Waals surface area contributed by atoms with Crippen LogP contribution in [0.15, 0.2) is 0 Å². The quantitative estimate of drug-likeness (QED) is 0.852. The van der Waals surface area contributed by atoms with Gasteiger partial charge in [0.1, 0.15) is 0 Å². The fraction of sp³-hybridized carbons (Fsp3) is 1.00. The second kappa shape index (κ2) is 6.65. The van der Waals surface area contributed by atoms with Gasteiger partial charge in [-0.2, -0.15) is 13.2 Å². The third-order valence-corrected chi connectivity index (χ3v) is 4.37. The molecule has 1 aliphatic rings. The maximum atomic E-state index is 12.7. The van der Waals surface area contributed by atoms with Crippen LogP contribution in [0.5, 0.6) is 0 Å².